The van der Waals surface area contributed by atoms with Gasteiger partial charge in [-0.1, -0.05) is 99.2 Å². The van der Waals surface area contributed by atoms with E-state index in [-0.39, 0.29) is 10.3 Å². The lowest BCUT2D eigenvalue weighted by Gasteiger charge is -2.51. The van der Waals surface area contributed by atoms with E-state index in [1.165, 1.54) is 28.0 Å². The van der Waals surface area contributed by atoms with E-state index in [4.69, 9.17) is 9.97 Å². The van der Waals surface area contributed by atoms with Crippen molar-refractivity contribution in [2.24, 2.45) is 0 Å². The van der Waals surface area contributed by atoms with E-state index in [0.717, 1.165) is 17.4 Å². The van der Waals surface area contributed by atoms with Gasteiger partial charge in [-0.25, -0.2) is 0 Å². The van der Waals surface area contributed by atoms with Crippen LogP contribution in [0.2, 0.25) is 39.3 Å². The Morgan fingerprint density at radius 1 is 0.780 bits per heavy atom. The molecule has 1 aliphatic rings. The van der Waals surface area contributed by atoms with Crippen LogP contribution < -0.4 is 5.30 Å². The maximum atomic E-state index is 13.1. The van der Waals surface area contributed by atoms with Crippen molar-refractivity contribution >= 4 is 44.4 Å². The second-order valence-electron chi connectivity index (χ2n) is 15.7. The molecular weight excluding hydrogens is 571 g/mol. The van der Waals surface area contributed by atoms with Gasteiger partial charge in [-0.3, -0.25) is 14.8 Å². The smallest absolute Gasteiger partial charge is 0.134 e. The van der Waals surface area contributed by atoms with Gasteiger partial charge < -0.3 is 0 Å². The zero-order chi connectivity index (χ0) is 30.4. The minimum absolute atomic E-state index is 0.112. The predicted molar refractivity (Wildman–Crippen MR) is 188 cm³/mol. The number of ketones is 1. The summed E-state index contributed by atoms with van der Waals surface area (Å²) < 4.78 is 0. The Bertz CT molecular complexity index is 1330. The highest BCUT2D eigenvalue weighted by molar-refractivity contribution is 7.69. The number of aromatic nitrogens is 2. The number of carbonyl (C=O) groups excluding carboxylic acids is 1. The molecular formula is C34H50N2OP2Si2. The second kappa shape index (κ2) is 11.5. The van der Waals surface area contributed by atoms with E-state index in [1.54, 1.807) is 0 Å². The highest BCUT2D eigenvalue weighted by Gasteiger charge is 2.50. The molecule has 220 valence electrons. The van der Waals surface area contributed by atoms with Crippen LogP contribution in [0.15, 0.2) is 60.9 Å². The van der Waals surface area contributed by atoms with Gasteiger partial charge in [-0.2, -0.15) is 0 Å². The van der Waals surface area contributed by atoms with Gasteiger partial charge in [-0.05, 0) is 68.7 Å². The van der Waals surface area contributed by atoms with Crippen molar-refractivity contribution in [3.63, 3.8) is 0 Å². The molecule has 0 saturated carbocycles. The normalized spacial score (nSPS) is 18.0. The fourth-order valence-electron chi connectivity index (χ4n) is 6.91. The van der Waals surface area contributed by atoms with Crippen molar-refractivity contribution in [3.8, 4) is 0 Å². The van der Waals surface area contributed by atoms with Crippen LogP contribution >= 0.6 is 17.2 Å². The Labute approximate surface area is 254 Å². The van der Waals surface area contributed by atoms with Gasteiger partial charge in [0.15, 0.2) is 0 Å². The Kier molecular flexibility index (Phi) is 9.11. The summed E-state index contributed by atoms with van der Waals surface area (Å²) in [7, 11) is -0.325. The van der Waals surface area contributed by atoms with Crippen molar-refractivity contribution < 1.29 is 4.79 Å². The topological polar surface area (TPSA) is 42.9 Å². The zero-order valence-corrected chi connectivity index (χ0v) is 31.0. The molecule has 1 unspecified atom stereocenters. The fraction of sp³-hybridized carbons (Fsp3) is 0.500. The fourth-order valence-corrected chi connectivity index (χ4v) is 14.9. The second-order valence-corrected chi connectivity index (χ2v) is 31.1. The summed E-state index contributed by atoms with van der Waals surface area (Å²) in [5, 5.41) is 0.597. The molecule has 3 nitrogen and oxygen atoms in total. The Morgan fingerprint density at radius 2 is 1.22 bits per heavy atom. The number of hydrogen-bond donors (Lipinski definition) is 0. The molecule has 0 N–H and O–H groups in total. The molecule has 0 spiro atoms. The van der Waals surface area contributed by atoms with E-state index >= 15 is 0 Å². The first-order chi connectivity index (χ1) is 18.8. The average Bonchev–Trinajstić information content (AvgIpc) is 2.82. The number of nitrogens with zero attached hydrogens (tertiary/aromatic N) is 2. The van der Waals surface area contributed by atoms with E-state index in [1.807, 2.05) is 24.5 Å². The van der Waals surface area contributed by atoms with Crippen molar-refractivity contribution in [3.05, 3.63) is 89.0 Å². The summed E-state index contributed by atoms with van der Waals surface area (Å²) in [6.45, 7) is 24.2. The lowest BCUT2D eigenvalue weighted by molar-refractivity contribution is -0.120. The van der Waals surface area contributed by atoms with E-state index in [0.29, 0.717) is 18.6 Å². The summed E-state index contributed by atoms with van der Waals surface area (Å²) in [6, 6.07) is 19.9. The molecule has 0 amide bonds. The molecule has 7 heteroatoms. The number of hydrogen-bond acceptors (Lipinski definition) is 3. The van der Waals surface area contributed by atoms with E-state index in [9.17, 15) is 4.79 Å². The van der Waals surface area contributed by atoms with Crippen LogP contribution in [0.25, 0.3) is 0 Å². The Hall–Kier alpha value is -1.52. The first-order valence-electron chi connectivity index (χ1n) is 14.9. The van der Waals surface area contributed by atoms with Crippen molar-refractivity contribution in [2.75, 3.05) is 0 Å². The zero-order valence-electron chi connectivity index (χ0n) is 26.9. The summed E-state index contributed by atoms with van der Waals surface area (Å²) in [5.74, 6) is 0.393. The van der Waals surface area contributed by atoms with Gasteiger partial charge >= 0.3 is 0 Å². The number of carbonyl (C=O) groups is 1. The third-order valence-corrected chi connectivity index (χ3v) is 15.4. The maximum absolute atomic E-state index is 13.1. The molecule has 1 fully saturated rings. The first kappa shape index (κ1) is 32.4. The van der Waals surface area contributed by atoms with Crippen LogP contribution in [0.4, 0.5) is 0 Å². The molecule has 1 aromatic carbocycles. The largest absolute Gasteiger partial charge is 0.300 e. The van der Waals surface area contributed by atoms with E-state index < -0.39 is 29.2 Å². The van der Waals surface area contributed by atoms with Crippen LogP contribution in [0.5, 0.6) is 0 Å². The lowest BCUT2D eigenvalue weighted by atomic mass is 9.88. The average molecular weight is 621 g/mol. The molecule has 1 aliphatic heterocycles. The quantitative estimate of drug-likeness (QED) is 0.187. The van der Waals surface area contributed by atoms with Crippen LogP contribution in [0, 0.1) is 0 Å². The molecule has 41 heavy (non-hydrogen) atoms. The van der Waals surface area contributed by atoms with Crippen molar-refractivity contribution in [1.29, 1.82) is 0 Å². The summed E-state index contributed by atoms with van der Waals surface area (Å²) in [5.41, 5.74) is 6.31. The molecule has 4 rings (SSSR count). The standard InChI is InChI=1S/C34H50N2OP2Si2/c1-32(2)21-27(37)22-33(3,4)39(32)29-20-26(24-41(8,9)10)25(23-40(5,6)7)19-28(29)34(38,30-15-11-13-17-35-30)31-16-12-14-18-36-31/h11-20H,21-24,38H2,1-10H3. The van der Waals surface area contributed by atoms with Crippen molar-refractivity contribution in [1.82, 2.24) is 9.97 Å². The van der Waals surface area contributed by atoms with Crippen LogP contribution in [0.3, 0.4) is 0 Å². The third kappa shape index (κ3) is 7.18. The maximum Gasteiger partial charge on any atom is 0.134 e. The highest BCUT2D eigenvalue weighted by atomic mass is 31.1. The van der Waals surface area contributed by atoms with Gasteiger partial charge in [0.2, 0.25) is 0 Å². The summed E-state index contributed by atoms with van der Waals surface area (Å²) >= 11 is 0. The number of Topliss-reactive ketones (excluding diaryl/α,β-unsaturated/α-hetero) is 1. The molecule has 3 heterocycles. The SMILES string of the molecule is CC1(C)CC(=O)CC(C)(C)P1c1cc(C[Si](C)(C)C)c(C[Si](C)(C)C)cc1C(P)(c1ccccn1)c1ccccn1. The lowest BCUT2D eigenvalue weighted by Crippen LogP contribution is -2.45. The number of benzene rings is 1. The molecule has 0 aliphatic carbocycles. The highest BCUT2D eigenvalue weighted by Crippen LogP contribution is 2.65. The monoisotopic (exact) mass is 620 g/mol. The van der Waals surface area contributed by atoms with Gasteiger partial charge in [0.05, 0.1) is 16.5 Å². The molecule has 0 radical (unpaired) electrons. The molecule has 0 bridgehead atoms. The van der Waals surface area contributed by atoms with E-state index in [2.05, 4.69) is 113 Å². The molecule has 3 aromatic rings. The first-order valence-corrected chi connectivity index (χ1v) is 24.3. The summed E-state index contributed by atoms with van der Waals surface area (Å²) in [4.78, 5) is 23.0. The number of pyridine rings is 2. The Morgan fingerprint density at radius 3 is 1.61 bits per heavy atom. The minimum Gasteiger partial charge on any atom is -0.300 e. The third-order valence-electron chi connectivity index (χ3n) is 8.03. The van der Waals surface area contributed by atoms with Gasteiger partial charge in [0.1, 0.15) is 5.78 Å². The van der Waals surface area contributed by atoms with Crippen molar-refractivity contribution in [2.45, 2.75) is 107 Å². The molecule has 1 saturated heterocycles. The van der Waals surface area contributed by atoms with Gasteiger partial charge in [0, 0.05) is 41.4 Å². The van der Waals surface area contributed by atoms with Gasteiger partial charge in [-0.15, -0.1) is 9.24 Å². The minimum atomic E-state index is -1.43. The van der Waals surface area contributed by atoms with Gasteiger partial charge in [0.25, 0.3) is 0 Å². The number of rotatable bonds is 8. The Balaban J connectivity index is 2.16. The predicted octanol–water partition coefficient (Wildman–Crippen LogP) is 8.51. The van der Waals surface area contributed by atoms with Crippen LogP contribution in [-0.4, -0.2) is 42.2 Å². The molecule has 2 aromatic heterocycles. The van der Waals surface area contributed by atoms with Crippen LogP contribution in [-0.2, 0) is 22.0 Å². The van der Waals surface area contributed by atoms with Crippen LogP contribution in [0.1, 0.15) is 68.6 Å². The summed E-state index contributed by atoms with van der Waals surface area (Å²) in [6.07, 6.45) is 5.08. The molecule has 1 atom stereocenters.